The number of rotatable bonds is 2. The van der Waals surface area contributed by atoms with E-state index in [0.29, 0.717) is 18.0 Å². The maximum Gasteiger partial charge on any atom is 0.333 e. The molecule has 1 fully saturated rings. The van der Waals surface area contributed by atoms with Crippen LogP contribution in [-0.4, -0.2) is 47.3 Å². The lowest BCUT2D eigenvalue weighted by atomic mass is 10.1. The van der Waals surface area contributed by atoms with Crippen LogP contribution < -0.4 is 10.2 Å². The van der Waals surface area contributed by atoms with Crippen molar-refractivity contribution in [2.24, 2.45) is 0 Å². The first-order valence-corrected chi connectivity index (χ1v) is 7.92. The molecule has 126 valence electrons. The molecule has 2 aliphatic rings. The van der Waals surface area contributed by atoms with E-state index in [1.165, 1.54) is 11.9 Å². The van der Waals surface area contributed by atoms with Gasteiger partial charge in [0.1, 0.15) is 5.69 Å². The van der Waals surface area contributed by atoms with Gasteiger partial charge in [-0.2, -0.15) is 0 Å². The number of likely N-dealkylation sites (N-methyl/N-ethyl adjacent to an activating group) is 1. The van der Waals surface area contributed by atoms with E-state index < -0.39 is 11.8 Å². The summed E-state index contributed by atoms with van der Waals surface area (Å²) in [4.78, 5) is 18.1. The SMILES string of the molecule is CNC(=O)[C@]1(O)OCCN1c1cnc2c(c1)CCCc1cnoc1-2. The molecule has 4 rings (SSSR count). The number of carbonyl (C=O) groups is 1. The Morgan fingerprint density at radius 3 is 3.04 bits per heavy atom. The minimum Gasteiger partial charge on any atom is -0.354 e. The molecule has 1 atom stereocenters. The van der Waals surface area contributed by atoms with E-state index in [9.17, 15) is 9.90 Å². The van der Waals surface area contributed by atoms with Gasteiger partial charge in [-0.3, -0.25) is 9.78 Å². The Hall–Kier alpha value is -2.45. The average molecular weight is 330 g/mol. The van der Waals surface area contributed by atoms with Crippen LogP contribution in [0.25, 0.3) is 11.5 Å². The maximum absolute atomic E-state index is 12.0. The summed E-state index contributed by atoms with van der Waals surface area (Å²) in [5, 5.41) is 16.9. The fourth-order valence-electron chi connectivity index (χ4n) is 3.31. The molecular weight excluding hydrogens is 312 g/mol. The summed E-state index contributed by atoms with van der Waals surface area (Å²) in [6.07, 6.45) is 6.05. The molecule has 2 aromatic rings. The van der Waals surface area contributed by atoms with E-state index in [2.05, 4.69) is 15.5 Å². The van der Waals surface area contributed by atoms with Gasteiger partial charge in [0.05, 0.1) is 24.7 Å². The summed E-state index contributed by atoms with van der Waals surface area (Å²) in [7, 11) is 1.46. The molecule has 0 aromatic carbocycles. The molecule has 0 spiro atoms. The standard InChI is InChI=1S/C16H18N4O4/c1-17-15(21)16(22)20(5-6-23-16)12-7-10-3-2-4-11-8-19-24-14(11)13(10)18-9-12/h7-9,22H,2-6H2,1H3,(H,17,21)/t16-/m0/s1. The number of anilines is 1. The van der Waals surface area contributed by atoms with Crippen LogP contribution >= 0.6 is 0 Å². The second-order valence-electron chi connectivity index (χ2n) is 5.92. The molecule has 24 heavy (non-hydrogen) atoms. The quantitative estimate of drug-likeness (QED) is 0.824. The highest BCUT2D eigenvalue weighted by Crippen LogP contribution is 2.35. The van der Waals surface area contributed by atoms with Gasteiger partial charge in [0, 0.05) is 19.2 Å². The van der Waals surface area contributed by atoms with Crippen LogP contribution in [0.1, 0.15) is 17.5 Å². The number of hydrogen-bond acceptors (Lipinski definition) is 7. The molecule has 0 bridgehead atoms. The number of nitrogens with zero attached hydrogens (tertiary/aromatic N) is 3. The Labute approximate surface area is 138 Å². The van der Waals surface area contributed by atoms with Crippen LogP contribution in [0.2, 0.25) is 0 Å². The molecule has 1 amide bonds. The maximum atomic E-state index is 12.0. The molecule has 1 aliphatic heterocycles. The normalized spacial score (nSPS) is 22.7. The minimum atomic E-state index is -2.01. The number of aromatic nitrogens is 2. The summed E-state index contributed by atoms with van der Waals surface area (Å²) in [5.74, 6) is -1.91. The summed E-state index contributed by atoms with van der Waals surface area (Å²) in [5.41, 5.74) is 3.47. The Morgan fingerprint density at radius 1 is 1.38 bits per heavy atom. The van der Waals surface area contributed by atoms with Crippen molar-refractivity contribution in [3.8, 4) is 11.5 Å². The lowest BCUT2D eigenvalue weighted by molar-refractivity contribution is -0.187. The van der Waals surface area contributed by atoms with E-state index in [-0.39, 0.29) is 6.61 Å². The van der Waals surface area contributed by atoms with Crippen molar-refractivity contribution in [3.05, 3.63) is 29.6 Å². The average Bonchev–Trinajstić information content (AvgIpc) is 3.18. The third kappa shape index (κ3) is 2.18. The molecule has 0 saturated carbocycles. The van der Waals surface area contributed by atoms with Crippen molar-refractivity contribution < 1.29 is 19.2 Å². The van der Waals surface area contributed by atoms with Gasteiger partial charge in [-0.25, -0.2) is 0 Å². The second kappa shape index (κ2) is 5.57. The van der Waals surface area contributed by atoms with E-state index in [1.54, 1.807) is 12.4 Å². The van der Waals surface area contributed by atoms with Crippen molar-refractivity contribution in [1.29, 1.82) is 0 Å². The zero-order chi connectivity index (χ0) is 16.7. The molecule has 2 N–H and O–H groups in total. The van der Waals surface area contributed by atoms with Crippen molar-refractivity contribution >= 4 is 11.6 Å². The van der Waals surface area contributed by atoms with Gasteiger partial charge in [-0.1, -0.05) is 5.16 Å². The number of carbonyl (C=O) groups excluding carboxylic acids is 1. The van der Waals surface area contributed by atoms with Gasteiger partial charge in [-0.15, -0.1) is 0 Å². The Morgan fingerprint density at radius 2 is 2.21 bits per heavy atom. The van der Waals surface area contributed by atoms with Crippen LogP contribution in [-0.2, 0) is 22.4 Å². The van der Waals surface area contributed by atoms with Crippen molar-refractivity contribution in [2.75, 3.05) is 25.1 Å². The Balaban J connectivity index is 1.74. The lowest BCUT2D eigenvalue weighted by Gasteiger charge is -2.31. The largest absolute Gasteiger partial charge is 0.354 e. The second-order valence-corrected chi connectivity index (χ2v) is 5.92. The van der Waals surface area contributed by atoms with Crippen LogP contribution in [0.3, 0.4) is 0 Å². The number of ether oxygens (including phenoxy) is 1. The number of fused-ring (bicyclic) bond motifs is 3. The van der Waals surface area contributed by atoms with E-state index in [1.807, 2.05) is 6.07 Å². The molecule has 2 aromatic heterocycles. The third-order valence-corrected chi connectivity index (χ3v) is 4.52. The van der Waals surface area contributed by atoms with Crippen LogP contribution in [0.5, 0.6) is 0 Å². The highest BCUT2D eigenvalue weighted by atomic mass is 16.7. The first-order valence-electron chi connectivity index (χ1n) is 7.92. The Bertz CT molecular complexity index is 790. The molecule has 0 unspecified atom stereocenters. The highest BCUT2D eigenvalue weighted by Gasteiger charge is 2.48. The van der Waals surface area contributed by atoms with Crippen molar-refractivity contribution in [1.82, 2.24) is 15.5 Å². The van der Waals surface area contributed by atoms with Gasteiger partial charge >= 0.3 is 11.8 Å². The number of amides is 1. The summed E-state index contributed by atoms with van der Waals surface area (Å²) >= 11 is 0. The first kappa shape index (κ1) is 15.1. The van der Waals surface area contributed by atoms with Crippen LogP contribution in [0, 0.1) is 0 Å². The first-order chi connectivity index (χ1) is 11.6. The van der Waals surface area contributed by atoms with Gasteiger partial charge in [-0.05, 0) is 30.9 Å². The monoisotopic (exact) mass is 330 g/mol. The zero-order valence-corrected chi connectivity index (χ0v) is 13.3. The van der Waals surface area contributed by atoms with Gasteiger partial charge in [0.25, 0.3) is 0 Å². The van der Waals surface area contributed by atoms with Gasteiger partial charge in [0.2, 0.25) is 0 Å². The van der Waals surface area contributed by atoms with Crippen LogP contribution in [0.15, 0.2) is 23.0 Å². The number of pyridine rings is 1. The number of aliphatic hydroxyl groups is 1. The van der Waals surface area contributed by atoms with Crippen molar-refractivity contribution in [2.45, 2.75) is 25.2 Å². The van der Waals surface area contributed by atoms with Gasteiger partial charge in [0.15, 0.2) is 5.76 Å². The molecule has 0 radical (unpaired) electrons. The lowest BCUT2D eigenvalue weighted by Crippen LogP contribution is -2.56. The Kier molecular flexibility index (Phi) is 3.50. The molecule has 8 heteroatoms. The smallest absolute Gasteiger partial charge is 0.333 e. The van der Waals surface area contributed by atoms with E-state index in [0.717, 1.165) is 36.1 Å². The number of aryl methyl sites for hydroxylation is 2. The van der Waals surface area contributed by atoms with Crippen LogP contribution in [0.4, 0.5) is 5.69 Å². The summed E-state index contributed by atoms with van der Waals surface area (Å²) in [6, 6.07) is 1.93. The van der Waals surface area contributed by atoms with Crippen molar-refractivity contribution in [3.63, 3.8) is 0 Å². The zero-order valence-electron chi connectivity index (χ0n) is 13.3. The highest BCUT2D eigenvalue weighted by molar-refractivity contribution is 5.87. The molecule has 8 nitrogen and oxygen atoms in total. The fraction of sp³-hybridized carbons (Fsp3) is 0.438. The minimum absolute atomic E-state index is 0.257. The molecular formula is C16H18N4O4. The number of nitrogens with one attached hydrogen (secondary N) is 1. The predicted molar refractivity (Wildman–Crippen MR) is 84.1 cm³/mol. The van der Waals surface area contributed by atoms with E-state index in [4.69, 9.17) is 9.26 Å². The van der Waals surface area contributed by atoms with E-state index >= 15 is 0 Å². The molecule has 1 aliphatic carbocycles. The molecule has 3 heterocycles. The summed E-state index contributed by atoms with van der Waals surface area (Å²) in [6.45, 7) is 0.658. The predicted octanol–water partition coefficient (Wildman–Crippen LogP) is 0.454. The van der Waals surface area contributed by atoms with Gasteiger partial charge < -0.3 is 24.6 Å². The summed E-state index contributed by atoms with van der Waals surface area (Å²) < 4.78 is 10.6. The third-order valence-electron chi connectivity index (χ3n) is 4.52. The topological polar surface area (TPSA) is 101 Å². The number of hydrogen-bond donors (Lipinski definition) is 2. The fourth-order valence-corrected chi connectivity index (χ4v) is 3.31. The molecule has 1 saturated heterocycles.